The van der Waals surface area contributed by atoms with Crippen LogP contribution in [0, 0.1) is 5.41 Å². The van der Waals surface area contributed by atoms with Crippen LogP contribution in [0.1, 0.15) is 43.0 Å². The number of aliphatic carboxylic acids is 1. The second-order valence-corrected chi connectivity index (χ2v) is 8.06. The van der Waals surface area contributed by atoms with Crippen molar-refractivity contribution in [2.24, 2.45) is 5.41 Å². The molecule has 2 fully saturated rings. The van der Waals surface area contributed by atoms with Gasteiger partial charge in [0.25, 0.3) is 5.91 Å². The number of piperidine rings is 1. The van der Waals surface area contributed by atoms with Crippen LogP contribution in [-0.2, 0) is 14.3 Å². The Morgan fingerprint density at radius 3 is 2.61 bits per heavy atom. The number of hydrogen-bond acceptors (Lipinski definition) is 4. The second kappa shape index (κ2) is 8.31. The highest BCUT2D eigenvalue weighted by Crippen LogP contribution is 2.35. The number of amides is 2. The van der Waals surface area contributed by atoms with Crippen molar-refractivity contribution in [3.8, 4) is 0 Å². The molecular weight excluding hydrogens is 360 g/mol. The van der Waals surface area contributed by atoms with Crippen LogP contribution in [0.4, 0.5) is 0 Å². The lowest BCUT2D eigenvalue weighted by Gasteiger charge is -2.42. The third kappa shape index (κ3) is 4.19. The van der Waals surface area contributed by atoms with Crippen LogP contribution in [0.3, 0.4) is 0 Å². The molecule has 7 heteroatoms. The third-order valence-electron chi connectivity index (χ3n) is 5.90. The maximum Gasteiger partial charge on any atom is 0.305 e. The standard InChI is InChI=1S/C21H28N2O5/c1-21(20(27)23-13-17(28-2)11-16(23)12-18(24)25)9-6-10-22(14-21)19(26)15-7-4-3-5-8-15/h3-5,7-8,16-17H,6,9-14H2,1-2H3,(H,24,25). The van der Waals surface area contributed by atoms with Crippen molar-refractivity contribution in [1.29, 1.82) is 0 Å². The number of benzene rings is 1. The van der Waals surface area contributed by atoms with Crippen molar-refractivity contribution in [3.05, 3.63) is 35.9 Å². The smallest absolute Gasteiger partial charge is 0.305 e. The predicted octanol–water partition coefficient (Wildman–Crippen LogP) is 2.02. The first-order chi connectivity index (χ1) is 13.3. The summed E-state index contributed by atoms with van der Waals surface area (Å²) in [4.78, 5) is 40.9. The van der Waals surface area contributed by atoms with Gasteiger partial charge >= 0.3 is 5.97 Å². The molecule has 3 atom stereocenters. The van der Waals surface area contributed by atoms with Gasteiger partial charge in [-0.1, -0.05) is 18.2 Å². The van der Waals surface area contributed by atoms with Gasteiger partial charge in [-0.25, -0.2) is 0 Å². The molecule has 3 rings (SSSR count). The van der Waals surface area contributed by atoms with E-state index in [4.69, 9.17) is 4.74 Å². The minimum absolute atomic E-state index is 0.0717. The van der Waals surface area contributed by atoms with Crippen molar-refractivity contribution >= 4 is 17.8 Å². The fourth-order valence-corrected chi connectivity index (χ4v) is 4.39. The van der Waals surface area contributed by atoms with Gasteiger partial charge in [-0.2, -0.15) is 0 Å². The molecule has 152 valence electrons. The molecule has 0 aliphatic carbocycles. The molecule has 2 saturated heterocycles. The monoisotopic (exact) mass is 388 g/mol. The van der Waals surface area contributed by atoms with E-state index in [0.29, 0.717) is 38.0 Å². The highest BCUT2D eigenvalue weighted by molar-refractivity contribution is 5.95. The minimum atomic E-state index is -0.922. The van der Waals surface area contributed by atoms with Crippen molar-refractivity contribution in [3.63, 3.8) is 0 Å². The number of methoxy groups -OCH3 is 1. The van der Waals surface area contributed by atoms with Crippen LogP contribution >= 0.6 is 0 Å². The lowest BCUT2D eigenvalue weighted by atomic mass is 9.80. The normalized spacial score (nSPS) is 27.6. The summed E-state index contributed by atoms with van der Waals surface area (Å²) in [5.41, 5.74) is -0.106. The van der Waals surface area contributed by atoms with Gasteiger partial charge in [0.15, 0.2) is 0 Å². The molecule has 2 aliphatic heterocycles. The Morgan fingerprint density at radius 2 is 1.96 bits per heavy atom. The summed E-state index contributed by atoms with van der Waals surface area (Å²) in [7, 11) is 1.58. The fourth-order valence-electron chi connectivity index (χ4n) is 4.39. The maximum atomic E-state index is 13.4. The molecule has 0 aromatic heterocycles. The van der Waals surface area contributed by atoms with E-state index in [2.05, 4.69) is 0 Å². The summed E-state index contributed by atoms with van der Waals surface area (Å²) in [5.74, 6) is -1.07. The molecule has 3 unspecified atom stereocenters. The summed E-state index contributed by atoms with van der Waals surface area (Å²) in [6, 6.07) is 8.71. The first kappa shape index (κ1) is 20.3. The first-order valence-corrected chi connectivity index (χ1v) is 9.74. The molecule has 0 bridgehead atoms. The summed E-state index contributed by atoms with van der Waals surface area (Å²) in [6.45, 7) is 3.25. The highest BCUT2D eigenvalue weighted by Gasteiger charge is 2.46. The first-order valence-electron chi connectivity index (χ1n) is 9.74. The van der Waals surface area contributed by atoms with Crippen LogP contribution < -0.4 is 0 Å². The molecule has 1 aromatic carbocycles. The van der Waals surface area contributed by atoms with Crippen LogP contribution in [0.15, 0.2) is 30.3 Å². The Labute approximate surface area is 165 Å². The Morgan fingerprint density at radius 1 is 1.25 bits per heavy atom. The topological polar surface area (TPSA) is 87.2 Å². The van der Waals surface area contributed by atoms with E-state index in [1.165, 1.54) is 0 Å². The number of carboxylic acids is 1. The summed E-state index contributed by atoms with van der Waals surface area (Å²) in [5, 5.41) is 9.22. The SMILES string of the molecule is COC1CC(CC(=O)O)N(C(=O)C2(C)CCCN(C(=O)c3ccccc3)C2)C1. The van der Waals surface area contributed by atoms with Crippen molar-refractivity contribution in [2.75, 3.05) is 26.7 Å². The predicted molar refractivity (Wildman–Crippen MR) is 103 cm³/mol. The van der Waals surface area contributed by atoms with Gasteiger partial charge in [-0.05, 0) is 38.3 Å². The number of ether oxygens (including phenoxy) is 1. The largest absolute Gasteiger partial charge is 0.481 e. The van der Waals surface area contributed by atoms with Gasteiger partial charge in [0.05, 0.1) is 17.9 Å². The molecule has 2 aliphatic rings. The molecule has 0 saturated carbocycles. The van der Waals surface area contributed by atoms with Gasteiger partial charge in [0, 0.05) is 38.3 Å². The Kier molecular flexibility index (Phi) is 6.03. The minimum Gasteiger partial charge on any atom is -0.481 e. The van der Waals surface area contributed by atoms with E-state index in [1.54, 1.807) is 29.0 Å². The third-order valence-corrected chi connectivity index (χ3v) is 5.90. The molecule has 0 radical (unpaired) electrons. The summed E-state index contributed by atoms with van der Waals surface area (Å²) >= 11 is 0. The average molecular weight is 388 g/mol. The summed E-state index contributed by atoms with van der Waals surface area (Å²) in [6.07, 6.45) is 1.71. The van der Waals surface area contributed by atoms with Crippen molar-refractivity contribution in [1.82, 2.24) is 9.80 Å². The lowest BCUT2D eigenvalue weighted by Crippen LogP contribution is -2.54. The molecule has 7 nitrogen and oxygen atoms in total. The van der Waals surface area contributed by atoms with E-state index in [1.807, 2.05) is 25.1 Å². The molecule has 2 amide bonds. The maximum absolute atomic E-state index is 13.4. The van der Waals surface area contributed by atoms with Crippen LogP contribution in [0.25, 0.3) is 0 Å². The average Bonchev–Trinajstić information content (AvgIpc) is 3.09. The zero-order valence-corrected chi connectivity index (χ0v) is 16.5. The molecule has 1 N–H and O–H groups in total. The van der Waals surface area contributed by atoms with E-state index >= 15 is 0 Å². The van der Waals surface area contributed by atoms with Gasteiger partial charge in [-0.3, -0.25) is 14.4 Å². The molecule has 0 spiro atoms. The Hall–Kier alpha value is -2.41. The number of carbonyl (C=O) groups is 3. The van der Waals surface area contributed by atoms with E-state index in [9.17, 15) is 19.5 Å². The molecule has 2 heterocycles. The van der Waals surface area contributed by atoms with Crippen molar-refractivity contribution in [2.45, 2.75) is 44.8 Å². The number of hydrogen-bond donors (Lipinski definition) is 1. The van der Waals surface area contributed by atoms with E-state index < -0.39 is 11.4 Å². The van der Waals surface area contributed by atoms with Crippen molar-refractivity contribution < 1.29 is 24.2 Å². The van der Waals surface area contributed by atoms with Gasteiger partial charge < -0.3 is 19.6 Å². The number of carboxylic acid groups (broad SMARTS) is 1. The highest BCUT2D eigenvalue weighted by atomic mass is 16.5. The Bertz CT molecular complexity index is 738. The number of nitrogens with zero attached hydrogens (tertiary/aromatic N) is 2. The van der Waals surface area contributed by atoms with E-state index in [0.717, 1.165) is 6.42 Å². The number of carbonyl (C=O) groups excluding carboxylic acids is 2. The quantitative estimate of drug-likeness (QED) is 0.834. The Balaban J connectivity index is 1.76. The van der Waals surface area contributed by atoms with E-state index in [-0.39, 0.29) is 30.4 Å². The van der Waals surface area contributed by atoms with Crippen LogP contribution in [-0.4, -0.2) is 71.6 Å². The van der Waals surface area contributed by atoms with Gasteiger partial charge in [0.2, 0.25) is 5.91 Å². The zero-order chi connectivity index (χ0) is 20.3. The van der Waals surface area contributed by atoms with Crippen LogP contribution in [0.5, 0.6) is 0 Å². The van der Waals surface area contributed by atoms with Gasteiger partial charge in [0.1, 0.15) is 0 Å². The molecular formula is C21H28N2O5. The number of rotatable bonds is 5. The number of likely N-dealkylation sites (tertiary alicyclic amines) is 2. The fraction of sp³-hybridized carbons (Fsp3) is 0.571. The lowest BCUT2D eigenvalue weighted by molar-refractivity contribution is -0.147. The van der Waals surface area contributed by atoms with Gasteiger partial charge in [-0.15, -0.1) is 0 Å². The zero-order valence-electron chi connectivity index (χ0n) is 16.5. The second-order valence-electron chi connectivity index (χ2n) is 8.06. The summed E-state index contributed by atoms with van der Waals surface area (Å²) < 4.78 is 5.39. The molecule has 28 heavy (non-hydrogen) atoms. The van der Waals surface area contributed by atoms with Crippen LogP contribution in [0.2, 0.25) is 0 Å². The molecule has 1 aromatic rings.